The van der Waals surface area contributed by atoms with Crippen LogP contribution < -0.4 is 5.32 Å². The number of hydrogen-bond donors (Lipinski definition) is 1. The Morgan fingerprint density at radius 1 is 1.11 bits per heavy atom. The number of nitrogens with one attached hydrogen (secondary N) is 1. The van der Waals surface area contributed by atoms with Gasteiger partial charge in [-0.3, -0.25) is 14.4 Å². The van der Waals surface area contributed by atoms with Crippen molar-refractivity contribution in [2.24, 2.45) is 0 Å². The summed E-state index contributed by atoms with van der Waals surface area (Å²) >= 11 is 3.09. The number of benzene rings is 1. The smallest absolute Gasteiger partial charge is 0.251 e. The van der Waals surface area contributed by atoms with Gasteiger partial charge in [-0.1, -0.05) is 28.1 Å². The normalized spacial score (nSPS) is 9.89. The molecule has 0 radical (unpaired) electrons. The zero-order chi connectivity index (χ0) is 13.5. The Morgan fingerprint density at radius 3 is 2.17 bits per heavy atom. The summed E-state index contributed by atoms with van der Waals surface area (Å²) in [5.41, 5.74) is 1.04. The fraction of sp³-hybridized carbons (Fsp3) is 0.308. The molecule has 0 fully saturated rings. The lowest BCUT2D eigenvalue weighted by molar-refractivity contribution is -0.116. The van der Waals surface area contributed by atoms with Crippen molar-refractivity contribution in [3.8, 4) is 0 Å². The van der Waals surface area contributed by atoms with E-state index in [2.05, 4.69) is 21.2 Å². The molecular weight excluding hydrogens is 298 g/mol. The highest BCUT2D eigenvalue weighted by molar-refractivity contribution is 9.09. The Morgan fingerprint density at radius 2 is 1.67 bits per heavy atom. The molecule has 1 aromatic rings. The largest absolute Gasteiger partial charge is 0.352 e. The number of alkyl halides is 1. The van der Waals surface area contributed by atoms with E-state index < -0.39 is 0 Å². The van der Waals surface area contributed by atoms with E-state index in [1.807, 2.05) is 0 Å². The number of carbonyl (C=O) groups is 3. The predicted octanol–water partition coefficient (Wildman–Crippen LogP) is 1.97. The van der Waals surface area contributed by atoms with E-state index in [0.29, 0.717) is 24.1 Å². The van der Waals surface area contributed by atoms with Gasteiger partial charge in [-0.2, -0.15) is 0 Å². The highest BCUT2D eigenvalue weighted by atomic mass is 79.9. The summed E-state index contributed by atoms with van der Waals surface area (Å²) in [6, 6.07) is 6.42. The summed E-state index contributed by atoms with van der Waals surface area (Å²) in [6.45, 7) is 1.81. The monoisotopic (exact) mass is 311 g/mol. The number of hydrogen-bond acceptors (Lipinski definition) is 3. The lowest BCUT2D eigenvalue weighted by Gasteiger charge is -2.04. The minimum Gasteiger partial charge on any atom is -0.352 e. The molecule has 0 unspecified atom stereocenters. The molecule has 96 valence electrons. The molecule has 1 rings (SSSR count). The summed E-state index contributed by atoms with van der Waals surface area (Å²) in [6.07, 6.45) is 0.325. The van der Waals surface area contributed by atoms with Gasteiger partial charge in [-0.15, -0.1) is 0 Å². The first-order chi connectivity index (χ1) is 8.54. The fourth-order valence-electron chi connectivity index (χ4n) is 1.34. The maximum atomic E-state index is 11.7. The third-order valence-corrected chi connectivity index (χ3v) is 2.86. The molecule has 0 saturated heterocycles. The van der Waals surface area contributed by atoms with E-state index in [-0.39, 0.29) is 22.8 Å². The van der Waals surface area contributed by atoms with Gasteiger partial charge < -0.3 is 5.32 Å². The molecule has 1 N–H and O–H groups in total. The summed E-state index contributed by atoms with van der Waals surface area (Å²) in [5.74, 6) is -0.235. The quantitative estimate of drug-likeness (QED) is 0.645. The van der Waals surface area contributed by atoms with Gasteiger partial charge in [0.25, 0.3) is 5.91 Å². The SMILES string of the molecule is CC(=O)CCNC(=O)c1ccc(C(=O)CBr)cc1. The second-order valence-corrected chi connectivity index (χ2v) is 4.40. The maximum absolute atomic E-state index is 11.7. The summed E-state index contributed by atoms with van der Waals surface area (Å²) < 4.78 is 0. The average Bonchev–Trinajstić information content (AvgIpc) is 2.37. The molecule has 4 nitrogen and oxygen atoms in total. The average molecular weight is 312 g/mol. The van der Waals surface area contributed by atoms with E-state index in [0.717, 1.165) is 0 Å². The van der Waals surface area contributed by atoms with Crippen molar-refractivity contribution < 1.29 is 14.4 Å². The van der Waals surface area contributed by atoms with Crippen LogP contribution in [0, 0.1) is 0 Å². The molecule has 0 saturated carbocycles. The minimum absolute atomic E-state index is 0.0291. The Hall–Kier alpha value is -1.49. The van der Waals surface area contributed by atoms with E-state index in [4.69, 9.17) is 0 Å². The van der Waals surface area contributed by atoms with Crippen LogP contribution in [-0.2, 0) is 4.79 Å². The summed E-state index contributed by atoms with van der Waals surface area (Å²) in [4.78, 5) is 33.7. The molecule has 1 amide bonds. The first-order valence-corrected chi connectivity index (χ1v) is 6.63. The molecule has 0 atom stereocenters. The van der Waals surface area contributed by atoms with Gasteiger partial charge in [0.2, 0.25) is 0 Å². The molecule has 0 aromatic heterocycles. The molecule has 0 bridgehead atoms. The summed E-state index contributed by atoms with van der Waals surface area (Å²) in [5, 5.41) is 2.90. The number of rotatable bonds is 6. The number of halogens is 1. The first-order valence-electron chi connectivity index (χ1n) is 5.51. The molecule has 0 spiro atoms. The first kappa shape index (κ1) is 14.6. The lowest BCUT2D eigenvalue weighted by Crippen LogP contribution is -2.25. The molecule has 5 heteroatoms. The topological polar surface area (TPSA) is 63.2 Å². The van der Waals surface area contributed by atoms with Gasteiger partial charge >= 0.3 is 0 Å². The third-order valence-electron chi connectivity index (χ3n) is 2.35. The molecule has 0 heterocycles. The second kappa shape index (κ2) is 7.06. The number of Topliss-reactive ketones (excluding diaryl/α,β-unsaturated/α-hetero) is 2. The molecule has 0 aliphatic heterocycles. The maximum Gasteiger partial charge on any atom is 0.251 e. The van der Waals surface area contributed by atoms with Crippen LogP contribution in [0.3, 0.4) is 0 Å². The van der Waals surface area contributed by atoms with Gasteiger partial charge in [-0.05, 0) is 19.1 Å². The van der Waals surface area contributed by atoms with Crippen molar-refractivity contribution in [2.45, 2.75) is 13.3 Å². The standard InChI is InChI=1S/C13H14BrNO3/c1-9(16)6-7-15-13(18)11-4-2-10(3-5-11)12(17)8-14/h2-5H,6-8H2,1H3,(H,15,18). The highest BCUT2D eigenvalue weighted by Crippen LogP contribution is 2.06. The third kappa shape index (κ3) is 4.41. The van der Waals surface area contributed by atoms with Crippen molar-refractivity contribution in [1.82, 2.24) is 5.32 Å². The van der Waals surface area contributed by atoms with Crippen molar-refractivity contribution in [3.05, 3.63) is 35.4 Å². The Bertz CT molecular complexity index is 454. The Balaban J connectivity index is 2.59. The molecule has 0 aliphatic rings. The molecule has 0 aliphatic carbocycles. The van der Waals surface area contributed by atoms with Gasteiger partial charge in [-0.25, -0.2) is 0 Å². The van der Waals surface area contributed by atoms with Crippen LogP contribution in [0.1, 0.15) is 34.1 Å². The van der Waals surface area contributed by atoms with E-state index in [1.54, 1.807) is 24.3 Å². The molecular formula is C13H14BrNO3. The van der Waals surface area contributed by atoms with E-state index >= 15 is 0 Å². The van der Waals surface area contributed by atoms with E-state index in [9.17, 15) is 14.4 Å². The van der Waals surface area contributed by atoms with Gasteiger partial charge in [0.05, 0.1) is 5.33 Å². The Kier molecular flexibility index (Phi) is 5.71. The fourth-order valence-corrected chi connectivity index (χ4v) is 1.66. The molecule has 18 heavy (non-hydrogen) atoms. The van der Waals surface area contributed by atoms with Gasteiger partial charge in [0.1, 0.15) is 5.78 Å². The van der Waals surface area contributed by atoms with Crippen molar-refractivity contribution >= 4 is 33.4 Å². The minimum atomic E-state index is -0.242. The van der Waals surface area contributed by atoms with Crippen molar-refractivity contribution in [1.29, 1.82) is 0 Å². The van der Waals surface area contributed by atoms with Crippen LogP contribution in [-0.4, -0.2) is 29.3 Å². The second-order valence-electron chi connectivity index (χ2n) is 3.84. The number of amides is 1. The molecule has 1 aromatic carbocycles. The lowest BCUT2D eigenvalue weighted by atomic mass is 10.1. The predicted molar refractivity (Wildman–Crippen MR) is 72.2 cm³/mol. The number of carbonyl (C=O) groups excluding carboxylic acids is 3. The van der Waals surface area contributed by atoms with Crippen LogP contribution in [0.15, 0.2) is 24.3 Å². The van der Waals surface area contributed by atoms with Crippen molar-refractivity contribution in [2.75, 3.05) is 11.9 Å². The van der Waals surface area contributed by atoms with Crippen LogP contribution in [0.2, 0.25) is 0 Å². The number of ketones is 2. The van der Waals surface area contributed by atoms with Crippen molar-refractivity contribution in [3.63, 3.8) is 0 Å². The summed E-state index contributed by atoms with van der Waals surface area (Å²) in [7, 11) is 0. The van der Waals surface area contributed by atoms with Crippen LogP contribution in [0.5, 0.6) is 0 Å². The van der Waals surface area contributed by atoms with Gasteiger partial charge in [0, 0.05) is 24.1 Å². The van der Waals surface area contributed by atoms with Crippen LogP contribution in [0.25, 0.3) is 0 Å². The highest BCUT2D eigenvalue weighted by Gasteiger charge is 2.07. The zero-order valence-electron chi connectivity index (χ0n) is 10.0. The van der Waals surface area contributed by atoms with Crippen LogP contribution >= 0.6 is 15.9 Å². The van der Waals surface area contributed by atoms with Crippen LogP contribution in [0.4, 0.5) is 0 Å². The zero-order valence-corrected chi connectivity index (χ0v) is 11.6. The van der Waals surface area contributed by atoms with E-state index in [1.165, 1.54) is 6.92 Å². The van der Waals surface area contributed by atoms with Gasteiger partial charge in [0.15, 0.2) is 5.78 Å². The Labute approximate surface area is 114 Å².